The van der Waals surface area contributed by atoms with Gasteiger partial charge in [-0.25, -0.2) is 0 Å². The molecule has 0 aromatic heterocycles. The Hall–Kier alpha value is -1.11. The number of amides is 1. The zero-order valence-electron chi connectivity index (χ0n) is 12.2. The second-order valence-electron chi connectivity index (χ2n) is 4.34. The van der Waals surface area contributed by atoms with Crippen molar-refractivity contribution in [2.75, 3.05) is 5.32 Å². The van der Waals surface area contributed by atoms with Crippen LogP contribution in [0.15, 0.2) is 64.8 Å². The molecule has 112 valence electrons. The van der Waals surface area contributed by atoms with Gasteiger partial charge in [-0.05, 0) is 54.3 Å². The number of carbonyl (C=O) groups is 2. The molecular formula is C16H10BrClNNaO3. The number of halogens is 2. The van der Waals surface area contributed by atoms with Crippen LogP contribution in [0.4, 0.5) is 5.69 Å². The summed E-state index contributed by atoms with van der Waals surface area (Å²) in [5.41, 5.74) is 0.744. The second-order valence-corrected chi connectivity index (χ2v) is 5.70. The van der Waals surface area contributed by atoms with E-state index in [-0.39, 0.29) is 35.1 Å². The maximum atomic E-state index is 11.9. The molecule has 1 amide bonds. The Balaban J connectivity index is 0.00000264. The van der Waals surface area contributed by atoms with Crippen LogP contribution in [0.25, 0.3) is 0 Å². The summed E-state index contributed by atoms with van der Waals surface area (Å²) < 4.78 is 0.763. The standard InChI is InChI=1S/C16H11BrClNO3.Na/c17-11-2-1-3-13(8-11)19-16(22)15(21)9-14(20)10-4-6-12(18)7-5-10;/h1-9,21H,(H,19,22);/q;+1/p-1. The Kier molecular flexibility index (Phi) is 8.02. The first kappa shape index (κ1) is 19.9. The van der Waals surface area contributed by atoms with E-state index in [2.05, 4.69) is 21.2 Å². The third kappa shape index (κ3) is 6.12. The molecule has 0 aliphatic rings. The van der Waals surface area contributed by atoms with Crippen molar-refractivity contribution in [2.45, 2.75) is 0 Å². The van der Waals surface area contributed by atoms with Crippen molar-refractivity contribution in [3.8, 4) is 0 Å². The fourth-order valence-electron chi connectivity index (χ4n) is 1.64. The molecule has 0 aliphatic heterocycles. The minimum Gasteiger partial charge on any atom is -0.869 e. The van der Waals surface area contributed by atoms with E-state index < -0.39 is 17.4 Å². The summed E-state index contributed by atoms with van der Waals surface area (Å²) in [5, 5.41) is 14.7. The SMILES string of the molecule is O=C(Nc1cccc(Br)c1)C([O-])=CC(=O)c1ccc(Cl)cc1.[Na+]. The van der Waals surface area contributed by atoms with Crippen molar-refractivity contribution >= 4 is 44.9 Å². The number of hydrogen-bond acceptors (Lipinski definition) is 3. The van der Waals surface area contributed by atoms with Crippen molar-refractivity contribution in [1.29, 1.82) is 0 Å². The summed E-state index contributed by atoms with van der Waals surface area (Å²) in [6.07, 6.45) is 0.760. The van der Waals surface area contributed by atoms with Crippen molar-refractivity contribution in [1.82, 2.24) is 0 Å². The van der Waals surface area contributed by atoms with Crippen molar-refractivity contribution in [3.05, 3.63) is 75.4 Å². The number of carbonyl (C=O) groups excluding carboxylic acids is 2. The molecule has 2 aromatic carbocycles. The van der Waals surface area contributed by atoms with Gasteiger partial charge in [-0.2, -0.15) is 0 Å². The maximum Gasteiger partial charge on any atom is 1.00 e. The quantitative estimate of drug-likeness (QED) is 0.343. The number of anilines is 1. The van der Waals surface area contributed by atoms with E-state index >= 15 is 0 Å². The van der Waals surface area contributed by atoms with Gasteiger partial charge in [-0.3, -0.25) is 9.59 Å². The van der Waals surface area contributed by atoms with Gasteiger partial charge in [0, 0.05) is 20.7 Å². The van der Waals surface area contributed by atoms with E-state index in [1.165, 1.54) is 24.3 Å². The number of benzene rings is 2. The van der Waals surface area contributed by atoms with Crippen LogP contribution in [0.3, 0.4) is 0 Å². The Morgan fingerprint density at radius 2 is 1.78 bits per heavy atom. The van der Waals surface area contributed by atoms with Gasteiger partial charge in [0.1, 0.15) is 0 Å². The monoisotopic (exact) mass is 401 g/mol. The van der Waals surface area contributed by atoms with Crippen LogP contribution in [-0.4, -0.2) is 11.7 Å². The number of rotatable bonds is 4. The molecule has 2 aromatic rings. The van der Waals surface area contributed by atoms with E-state index in [1.807, 2.05) is 0 Å². The molecule has 23 heavy (non-hydrogen) atoms. The van der Waals surface area contributed by atoms with Gasteiger partial charge >= 0.3 is 29.6 Å². The average molecular weight is 403 g/mol. The summed E-state index contributed by atoms with van der Waals surface area (Å²) in [5.74, 6) is -2.34. The first-order chi connectivity index (χ1) is 10.5. The molecule has 0 heterocycles. The van der Waals surface area contributed by atoms with Crippen LogP contribution >= 0.6 is 27.5 Å². The van der Waals surface area contributed by atoms with Crippen LogP contribution < -0.4 is 40.0 Å². The summed E-state index contributed by atoms with van der Waals surface area (Å²) in [6.45, 7) is 0. The number of ketones is 1. The third-order valence-electron chi connectivity index (χ3n) is 2.70. The molecular weight excluding hydrogens is 393 g/mol. The van der Waals surface area contributed by atoms with Crippen molar-refractivity contribution in [2.24, 2.45) is 0 Å². The van der Waals surface area contributed by atoms with Crippen LogP contribution in [0.5, 0.6) is 0 Å². The van der Waals surface area contributed by atoms with Crippen LogP contribution in [0.2, 0.25) is 5.02 Å². The van der Waals surface area contributed by atoms with Crippen molar-refractivity contribution < 1.29 is 44.3 Å². The molecule has 1 N–H and O–H groups in total. The number of nitrogens with one attached hydrogen (secondary N) is 1. The molecule has 0 aliphatic carbocycles. The van der Waals surface area contributed by atoms with Gasteiger partial charge in [0.05, 0.1) is 0 Å². The first-order valence-corrected chi connectivity index (χ1v) is 7.38. The summed E-state index contributed by atoms with van der Waals surface area (Å²) in [4.78, 5) is 23.6. The van der Waals surface area contributed by atoms with Gasteiger partial charge in [0.15, 0.2) is 5.78 Å². The third-order valence-corrected chi connectivity index (χ3v) is 3.44. The molecule has 0 saturated carbocycles. The van der Waals surface area contributed by atoms with Crippen molar-refractivity contribution in [3.63, 3.8) is 0 Å². The smallest absolute Gasteiger partial charge is 0.869 e. The summed E-state index contributed by atoms with van der Waals surface area (Å²) >= 11 is 8.98. The Morgan fingerprint density at radius 1 is 1.13 bits per heavy atom. The molecule has 2 rings (SSSR count). The summed E-state index contributed by atoms with van der Waals surface area (Å²) in [6, 6.07) is 12.8. The van der Waals surface area contributed by atoms with Crippen LogP contribution in [0, 0.1) is 0 Å². The molecule has 0 bridgehead atoms. The predicted octanol–water partition coefficient (Wildman–Crippen LogP) is 0.172. The largest absolute Gasteiger partial charge is 1.00 e. The van der Waals surface area contributed by atoms with E-state index in [4.69, 9.17) is 11.6 Å². The van der Waals surface area contributed by atoms with Gasteiger partial charge in [-0.15, -0.1) is 0 Å². The predicted molar refractivity (Wildman–Crippen MR) is 86.6 cm³/mol. The molecule has 0 radical (unpaired) electrons. The molecule has 0 saturated heterocycles. The minimum absolute atomic E-state index is 0. The van der Waals surface area contributed by atoms with E-state index in [0.29, 0.717) is 10.7 Å². The molecule has 4 nitrogen and oxygen atoms in total. The fourth-order valence-corrected chi connectivity index (χ4v) is 2.17. The fraction of sp³-hybridized carbons (Fsp3) is 0. The second kappa shape index (κ2) is 9.25. The maximum absolute atomic E-state index is 11.9. The Bertz CT molecular complexity index is 747. The average Bonchev–Trinajstić information content (AvgIpc) is 2.47. The number of hydrogen-bond donors (Lipinski definition) is 1. The summed E-state index contributed by atoms with van der Waals surface area (Å²) in [7, 11) is 0. The molecule has 7 heteroatoms. The van der Waals surface area contributed by atoms with Gasteiger partial charge in [0.25, 0.3) is 0 Å². The Labute approximate surface area is 169 Å². The normalized spacial score (nSPS) is 10.6. The minimum atomic E-state index is -0.917. The van der Waals surface area contributed by atoms with Gasteiger partial charge in [-0.1, -0.05) is 33.6 Å². The van der Waals surface area contributed by atoms with Gasteiger partial charge < -0.3 is 10.4 Å². The first-order valence-electron chi connectivity index (χ1n) is 6.21. The Morgan fingerprint density at radius 3 is 2.39 bits per heavy atom. The van der Waals surface area contributed by atoms with Crippen LogP contribution in [-0.2, 0) is 4.79 Å². The van der Waals surface area contributed by atoms with Gasteiger partial charge in [0.2, 0.25) is 5.91 Å². The number of allylic oxidation sites excluding steroid dienone is 1. The zero-order chi connectivity index (χ0) is 16.1. The topological polar surface area (TPSA) is 69.2 Å². The van der Waals surface area contributed by atoms with Crippen LogP contribution in [0.1, 0.15) is 10.4 Å². The molecule has 0 spiro atoms. The van der Waals surface area contributed by atoms with E-state index in [1.54, 1.807) is 24.3 Å². The van der Waals surface area contributed by atoms with E-state index in [0.717, 1.165) is 10.5 Å². The van der Waals surface area contributed by atoms with E-state index in [9.17, 15) is 14.7 Å². The molecule has 0 fully saturated rings. The molecule has 0 unspecified atom stereocenters. The zero-order valence-corrected chi connectivity index (χ0v) is 16.5. The molecule has 0 atom stereocenters.